The van der Waals surface area contributed by atoms with E-state index in [1.54, 1.807) is 4.90 Å². The van der Waals surface area contributed by atoms with Crippen molar-refractivity contribution in [2.75, 3.05) is 19.6 Å². The molecule has 1 N–H and O–H groups in total. The van der Waals surface area contributed by atoms with Crippen molar-refractivity contribution in [3.05, 3.63) is 35.9 Å². The molecule has 1 saturated heterocycles. The number of nitrogens with one attached hydrogen (secondary N) is 1. The number of piperidine rings is 1. The van der Waals surface area contributed by atoms with Crippen molar-refractivity contribution >= 4 is 12.0 Å². The highest BCUT2D eigenvalue weighted by atomic mass is 16.6. The Kier molecular flexibility index (Phi) is 6.09. The molecule has 0 aliphatic carbocycles. The van der Waals surface area contributed by atoms with Crippen molar-refractivity contribution in [2.45, 2.75) is 52.6 Å². The van der Waals surface area contributed by atoms with Gasteiger partial charge in [0.1, 0.15) is 5.60 Å². The van der Waals surface area contributed by atoms with Gasteiger partial charge in [0.25, 0.3) is 0 Å². The summed E-state index contributed by atoms with van der Waals surface area (Å²) in [6, 6.07) is 10.0. The van der Waals surface area contributed by atoms with E-state index in [1.807, 2.05) is 58.0 Å². The second kappa shape index (κ2) is 7.89. The molecule has 0 bridgehead atoms. The topological polar surface area (TPSA) is 58.6 Å². The number of hydrogen-bond donors (Lipinski definition) is 1. The second-order valence-electron chi connectivity index (χ2n) is 7.81. The zero-order chi connectivity index (χ0) is 18.5. The van der Waals surface area contributed by atoms with Gasteiger partial charge in [-0.05, 0) is 52.5 Å². The lowest BCUT2D eigenvalue weighted by atomic mass is 9.74. The third-order valence-electron chi connectivity index (χ3n) is 4.43. The zero-order valence-electron chi connectivity index (χ0n) is 15.8. The second-order valence-corrected chi connectivity index (χ2v) is 7.81. The minimum absolute atomic E-state index is 0.0205. The third kappa shape index (κ3) is 5.21. The lowest BCUT2D eigenvalue weighted by Crippen LogP contribution is -2.55. The van der Waals surface area contributed by atoms with Crippen molar-refractivity contribution in [3.63, 3.8) is 0 Å². The first-order valence-corrected chi connectivity index (χ1v) is 9.06. The first-order valence-electron chi connectivity index (χ1n) is 9.06. The van der Waals surface area contributed by atoms with Gasteiger partial charge in [0, 0.05) is 19.6 Å². The van der Waals surface area contributed by atoms with Gasteiger partial charge in [0.15, 0.2) is 0 Å². The van der Waals surface area contributed by atoms with E-state index in [2.05, 4.69) is 5.32 Å². The van der Waals surface area contributed by atoms with Crippen molar-refractivity contribution in [2.24, 2.45) is 5.41 Å². The Morgan fingerprint density at radius 2 is 1.92 bits per heavy atom. The maximum absolute atomic E-state index is 12.9. The van der Waals surface area contributed by atoms with Crippen LogP contribution in [0.15, 0.2) is 30.3 Å². The van der Waals surface area contributed by atoms with E-state index in [4.69, 9.17) is 4.74 Å². The fourth-order valence-corrected chi connectivity index (χ4v) is 3.36. The largest absolute Gasteiger partial charge is 0.444 e. The molecule has 1 aliphatic heterocycles. The van der Waals surface area contributed by atoms with Crippen molar-refractivity contribution in [1.29, 1.82) is 0 Å². The van der Waals surface area contributed by atoms with Gasteiger partial charge in [-0.3, -0.25) is 4.79 Å². The van der Waals surface area contributed by atoms with Crippen molar-refractivity contribution in [1.82, 2.24) is 10.2 Å². The molecule has 0 saturated carbocycles. The van der Waals surface area contributed by atoms with E-state index in [9.17, 15) is 9.59 Å². The molecule has 0 radical (unpaired) electrons. The molecule has 1 aliphatic rings. The lowest BCUT2D eigenvalue weighted by Gasteiger charge is -2.42. The lowest BCUT2D eigenvalue weighted by molar-refractivity contribution is -0.134. The normalized spacial score (nSPS) is 20.9. The number of hydrogen-bond acceptors (Lipinski definition) is 3. The van der Waals surface area contributed by atoms with E-state index >= 15 is 0 Å². The summed E-state index contributed by atoms with van der Waals surface area (Å²) in [4.78, 5) is 27.1. The molecule has 1 fully saturated rings. The predicted octanol–water partition coefficient (Wildman–Crippen LogP) is 3.38. The average Bonchev–Trinajstić information content (AvgIpc) is 2.54. The minimum atomic E-state index is -0.605. The van der Waals surface area contributed by atoms with Crippen LogP contribution in [0.3, 0.4) is 0 Å². The molecule has 1 atom stereocenters. The van der Waals surface area contributed by atoms with Gasteiger partial charge in [-0.1, -0.05) is 30.3 Å². The molecule has 5 nitrogen and oxygen atoms in total. The molecule has 2 amide bonds. The summed E-state index contributed by atoms with van der Waals surface area (Å²) in [5.74, 6) is 0.0205. The number of rotatable bonds is 4. The van der Waals surface area contributed by atoms with Crippen molar-refractivity contribution < 1.29 is 14.3 Å². The number of benzene rings is 1. The van der Waals surface area contributed by atoms with Crippen LogP contribution in [0.2, 0.25) is 0 Å². The number of carbonyl (C=O) groups excluding carboxylic acids is 2. The summed E-state index contributed by atoms with van der Waals surface area (Å²) in [5.41, 5.74) is -0.0331. The number of likely N-dealkylation sites (tertiary alicyclic amines) is 1. The van der Waals surface area contributed by atoms with Crippen LogP contribution in [0.25, 0.3) is 0 Å². The molecule has 1 heterocycles. The van der Waals surface area contributed by atoms with Gasteiger partial charge in [-0.25, -0.2) is 4.79 Å². The van der Waals surface area contributed by atoms with E-state index < -0.39 is 11.0 Å². The maximum Gasteiger partial charge on any atom is 0.410 e. The summed E-state index contributed by atoms with van der Waals surface area (Å²) in [6.07, 6.45) is 1.85. The molecular formula is C20H30N2O3. The SMILES string of the molecule is CCNC(=O)[C@]1(Cc2ccccc2)CCCN(C(=O)OC(C)(C)C)C1. The molecule has 1 aromatic rings. The Morgan fingerprint density at radius 1 is 1.24 bits per heavy atom. The van der Waals surface area contributed by atoms with Gasteiger partial charge in [0.2, 0.25) is 5.91 Å². The van der Waals surface area contributed by atoms with Gasteiger partial charge in [-0.2, -0.15) is 0 Å². The highest BCUT2D eigenvalue weighted by molar-refractivity contribution is 5.84. The summed E-state index contributed by atoms with van der Waals surface area (Å²) in [5, 5.41) is 2.97. The first kappa shape index (κ1) is 19.3. The van der Waals surface area contributed by atoms with Gasteiger partial charge in [-0.15, -0.1) is 0 Å². The quantitative estimate of drug-likeness (QED) is 0.909. The molecule has 0 spiro atoms. The van der Waals surface area contributed by atoms with Gasteiger partial charge in [0.05, 0.1) is 5.41 Å². The predicted molar refractivity (Wildman–Crippen MR) is 98.3 cm³/mol. The summed E-state index contributed by atoms with van der Waals surface area (Å²) in [6.45, 7) is 9.10. The molecule has 5 heteroatoms. The van der Waals surface area contributed by atoms with Crippen LogP contribution in [0, 0.1) is 5.41 Å². The average molecular weight is 346 g/mol. The highest BCUT2D eigenvalue weighted by Gasteiger charge is 2.44. The van der Waals surface area contributed by atoms with E-state index in [1.165, 1.54) is 0 Å². The molecule has 25 heavy (non-hydrogen) atoms. The van der Waals surface area contributed by atoms with Crippen LogP contribution in [0.5, 0.6) is 0 Å². The molecule has 2 rings (SSSR count). The van der Waals surface area contributed by atoms with Crippen LogP contribution < -0.4 is 5.32 Å². The van der Waals surface area contributed by atoms with Gasteiger partial charge < -0.3 is 15.0 Å². The Morgan fingerprint density at radius 3 is 2.52 bits per heavy atom. The summed E-state index contributed by atoms with van der Waals surface area (Å²) < 4.78 is 5.52. The van der Waals surface area contributed by atoms with Crippen LogP contribution in [0.1, 0.15) is 46.1 Å². The van der Waals surface area contributed by atoms with Crippen LogP contribution in [0.4, 0.5) is 4.79 Å². The maximum atomic E-state index is 12.9. The minimum Gasteiger partial charge on any atom is -0.444 e. The molecule has 1 aromatic carbocycles. The standard InChI is InChI=1S/C20H30N2O3/c1-5-21-17(23)20(14-16-10-7-6-8-11-16)12-9-13-22(15-20)18(24)25-19(2,3)4/h6-8,10-11H,5,9,12-15H2,1-4H3,(H,21,23)/t20-/m0/s1. The Bertz CT molecular complexity index is 595. The molecule has 138 valence electrons. The van der Waals surface area contributed by atoms with E-state index in [0.717, 1.165) is 18.4 Å². The van der Waals surface area contributed by atoms with Crippen LogP contribution >= 0.6 is 0 Å². The van der Waals surface area contributed by atoms with Gasteiger partial charge >= 0.3 is 6.09 Å². The van der Waals surface area contributed by atoms with Crippen molar-refractivity contribution in [3.8, 4) is 0 Å². The number of ether oxygens (including phenoxy) is 1. The Balaban J connectivity index is 2.22. The number of carbonyl (C=O) groups is 2. The number of amides is 2. The molecule has 0 aromatic heterocycles. The zero-order valence-corrected chi connectivity index (χ0v) is 15.8. The number of nitrogens with zero attached hydrogens (tertiary/aromatic N) is 1. The molecular weight excluding hydrogens is 316 g/mol. The van der Waals surface area contributed by atoms with E-state index in [-0.39, 0.29) is 12.0 Å². The smallest absolute Gasteiger partial charge is 0.410 e. The highest BCUT2D eigenvalue weighted by Crippen LogP contribution is 2.35. The van der Waals surface area contributed by atoms with Crippen LogP contribution in [-0.4, -0.2) is 42.1 Å². The fraction of sp³-hybridized carbons (Fsp3) is 0.600. The Hall–Kier alpha value is -2.04. The fourth-order valence-electron chi connectivity index (χ4n) is 3.36. The molecule has 0 unspecified atom stereocenters. The van der Waals surface area contributed by atoms with E-state index in [0.29, 0.717) is 26.1 Å². The van der Waals surface area contributed by atoms with Crippen LogP contribution in [-0.2, 0) is 16.0 Å². The third-order valence-corrected chi connectivity index (χ3v) is 4.43. The summed E-state index contributed by atoms with van der Waals surface area (Å²) >= 11 is 0. The first-order chi connectivity index (χ1) is 11.8. The Labute approximate surface area is 150 Å². The summed E-state index contributed by atoms with van der Waals surface area (Å²) in [7, 11) is 0. The monoisotopic (exact) mass is 346 g/mol.